The highest BCUT2D eigenvalue weighted by molar-refractivity contribution is 9.10. The van der Waals surface area contributed by atoms with Crippen LogP contribution in [0, 0.1) is 11.7 Å². The molecule has 1 aromatic rings. The monoisotopic (exact) mass is 301 g/mol. The first kappa shape index (κ1) is 12.5. The molecule has 2 atom stereocenters. The highest BCUT2D eigenvalue weighted by Crippen LogP contribution is 2.26. The van der Waals surface area contributed by atoms with E-state index >= 15 is 0 Å². The van der Waals surface area contributed by atoms with E-state index in [0.717, 1.165) is 6.42 Å². The van der Waals surface area contributed by atoms with E-state index in [4.69, 9.17) is 4.74 Å². The van der Waals surface area contributed by atoms with Gasteiger partial charge in [0.15, 0.2) is 0 Å². The summed E-state index contributed by atoms with van der Waals surface area (Å²) in [6, 6.07) is 4.17. The molecule has 0 aromatic heterocycles. The number of anilines is 1. The van der Waals surface area contributed by atoms with Gasteiger partial charge in [0.1, 0.15) is 11.9 Å². The van der Waals surface area contributed by atoms with E-state index in [1.54, 1.807) is 6.07 Å². The average molecular weight is 302 g/mol. The van der Waals surface area contributed by atoms with Crippen molar-refractivity contribution >= 4 is 27.5 Å². The summed E-state index contributed by atoms with van der Waals surface area (Å²) in [5.74, 6) is -0.410. The van der Waals surface area contributed by atoms with E-state index < -0.39 is 6.10 Å². The minimum Gasteiger partial charge on any atom is -0.368 e. The zero-order valence-electron chi connectivity index (χ0n) is 9.37. The molecule has 92 valence electrons. The van der Waals surface area contributed by atoms with Gasteiger partial charge in [-0.25, -0.2) is 4.39 Å². The molecular formula is C12H13BrFNO2. The molecule has 1 saturated heterocycles. The molecule has 1 amide bonds. The van der Waals surface area contributed by atoms with Crippen molar-refractivity contribution in [3.8, 4) is 0 Å². The number of carbonyl (C=O) groups is 1. The van der Waals surface area contributed by atoms with Crippen molar-refractivity contribution in [2.24, 2.45) is 5.92 Å². The Morgan fingerprint density at radius 1 is 1.59 bits per heavy atom. The van der Waals surface area contributed by atoms with Crippen molar-refractivity contribution in [3.05, 3.63) is 28.5 Å². The van der Waals surface area contributed by atoms with Crippen LogP contribution in [-0.2, 0) is 9.53 Å². The van der Waals surface area contributed by atoms with Crippen LogP contribution < -0.4 is 5.32 Å². The third-order valence-corrected chi connectivity index (χ3v) is 3.52. The molecule has 17 heavy (non-hydrogen) atoms. The van der Waals surface area contributed by atoms with Gasteiger partial charge in [-0.1, -0.05) is 6.92 Å². The number of amides is 1. The van der Waals surface area contributed by atoms with Crippen molar-refractivity contribution in [2.45, 2.75) is 19.4 Å². The molecule has 1 heterocycles. The van der Waals surface area contributed by atoms with Gasteiger partial charge in [-0.15, -0.1) is 0 Å². The Hall–Kier alpha value is -0.940. The van der Waals surface area contributed by atoms with Crippen LogP contribution in [0.5, 0.6) is 0 Å². The molecule has 1 aliphatic rings. The maximum atomic E-state index is 13.0. The van der Waals surface area contributed by atoms with Crippen LogP contribution in [0.25, 0.3) is 0 Å². The summed E-state index contributed by atoms with van der Waals surface area (Å²) in [6.07, 6.45) is 0.438. The van der Waals surface area contributed by atoms with Crippen LogP contribution in [0.1, 0.15) is 13.3 Å². The second-order valence-electron chi connectivity index (χ2n) is 4.17. The van der Waals surface area contributed by atoms with Gasteiger partial charge in [-0.3, -0.25) is 4.79 Å². The SMILES string of the molecule is CC1CCOC1C(=O)Nc1cc(F)ccc1Br. The van der Waals surface area contributed by atoms with Gasteiger partial charge in [0.05, 0.1) is 5.69 Å². The van der Waals surface area contributed by atoms with Crippen LogP contribution in [0.15, 0.2) is 22.7 Å². The Bertz CT molecular complexity index is 439. The Balaban J connectivity index is 2.10. The Morgan fingerprint density at radius 2 is 2.35 bits per heavy atom. The van der Waals surface area contributed by atoms with Crippen molar-refractivity contribution in [2.75, 3.05) is 11.9 Å². The molecule has 2 unspecified atom stereocenters. The molecule has 0 spiro atoms. The lowest BCUT2D eigenvalue weighted by atomic mass is 10.0. The number of halogens is 2. The highest BCUT2D eigenvalue weighted by atomic mass is 79.9. The largest absolute Gasteiger partial charge is 0.368 e. The van der Waals surface area contributed by atoms with Crippen LogP contribution in [0.4, 0.5) is 10.1 Å². The minimum atomic E-state index is -0.440. The number of ether oxygens (including phenoxy) is 1. The molecule has 1 fully saturated rings. The fourth-order valence-corrected chi connectivity index (χ4v) is 2.17. The van der Waals surface area contributed by atoms with Gasteiger partial charge in [-0.2, -0.15) is 0 Å². The second kappa shape index (κ2) is 5.14. The lowest BCUT2D eigenvalue weighted by molar-refractivity contribution is -0.126. The normalized spacial score (nSPS) is 23.7. The molecule has 0 saturated carbocycles. The standard InChI is InChI=1S/C12H13BrFNO2/c1-7-4-5-17-11(7)12(16)15-10-6-8(14)2-3-9(10)13/h2-3,6-7,11H,4-5H2,1H3,(H,15,16). The third-order valence-electron chi connectivity index (χ3n) is 2.83. The van der Waals surface area contributed by atoms with E-state index in [9.17, 15) is 9.18 Å². The van der Waals surface area contributed by atoms with Gasteiger partial charge < -0.3 is 10.1 Å². The quantitative estimate of drug-likeness (QED) is 0.912. The number of rotatable bonds is 2. The van der Waals surface area contributed by atoms with Crippen LogP contribution in [0.3, 0.4) is 0 Å². The molecule has 1 N–H and O–H groups in total. The molecule has 3 nitrogen and oxygen atoms in total. The first-order valence-electron chi connectivity index (χ1n) is 5.45. The maximum absolute atomic E-state index is 13.0. The van der Waals surface area contributed by atoms with E-state index in [2.05, 4.69) is 21.2 Å². The van der Waals surface area contributed by atoms with Crippen molar-refractivity contribution in [1.82, 2.24) is 0 Å². The number of hydrogen-bond acceptors (Lipinski definition) is 2. The maximum Gasteiger partial charge on any atom is 0.253 e. The molecule has 0 radical (unpaired) electrons. The molecular weight excluding hydrogens is 289 g/mol. The molecule has 1 aliphatic heterocycles. The van der Waals surface area contributed by atoms with E-state index in [1.165, 1.54) is 12.1 Å². The second-order valence-corrected chi connectivity index (χ2v) is 5.03. The molecule has 0 aliphatic carbocycles. The Kier molecular flexibility index (Phi) is 3.79. The van der Waals surface area contributed by atoms with Crippen LogP contribution in [-0.4, -0.2) is 18.6 Å². The molecule has 0 bridgehead atoms. The van der Waals surface area contributed by atoms with E-state index in [0.29, 0.717) is 16.8 Å². The molecule has 1 aromatic carbocycles. The summed E-state index contributed by atoms with van der Waals surface area (Å²) >= 11 is 3.26. The number of carbonyl (C=O) groups excluding carboxylic acids is 1. The summed E-state index contributed by atoms with van der Waals surface area (Å²) in [6.45, 7) is 2.57. The van der Waals surface area contributed by atoms with Crippen molar-refractivity contribution in [3.63, 3.8) is 0 Å². The Morgan fingerprint density at radius 3 is 3.00 bits per heavy atom. The first-order chi connectivity index (χ1) is 8.08. The molecule has 5 heteroatoms. The summed E-state index contributed by atoms with van der Waals surface area (Å²) in [7, 11) is 0. The average Bonchev–Trinajstić information content (AvgIpc) is 2.70. The van der Waals surface area contributed by atoms with Gasteiger partial charge in [-0.05, 0) is 46.5 Å². The van der Waals surface area contributed by atoms with Crippen LogP contribution in [0.2, 0.25) is 0 Å². The van der Waals surface area contributed by atoms with Crippen molar-refractivity contribution in [1.29, 1.82) is 0 Å². The lowest BCUT2D eigenvalue weighted by Gasteiger charge is -2.15. The molecule has 2 rings (SSSR count). The third kappa shape index (κ3) is 2.84. The summed E-state index contributed by atoms with van der Waals surface area (Å²) in [5, 5.41) is 2.67. The smallest absolute Gasteiger partial charge is 0.253 e. The van der Waals surface area contributed by atoms with Crippen LogP contribution >= 0.6 is 15.9 Å². The Labute approximate surface area is 107 Å². The van der Waals surface area contributed by atoms with Crippen molar-refractivity contribution < 1.29 is 13.9 Å². The summed E-state index contributed by atoms with van der Waals surface area (Å²) in [4.78, 5) is 11.9. The minimum absolute atomic E-state index is 0.197. The van der Waals surface area contributed by atoms with Gasteiger partial charge >= 0.3 is 0 Å². The first-order valence-corrected chi connectivity index (χ1v) is 6.25. The summed E-state index contributed by atoms with van der Waals surface area (Å²) in [5.41, 5.74) is 0.428. The summed E-state index contributed by atoms with van der Waals surface area (Å²) < 4.78 is 19.0. The van der Waals surface area contributed by atoms with Gasteiger partial charge in [0.2, 0.25) is 0 Å². The number of hydrogen-bond donors (Lipinski definition) is 1. The fraction of sp³-hybridized carbons (Fsp3) is 0.417. The van der Waals surface area contributed by atoms with Gasteiger partial charge in [0, 0.05) is 11.1 Å². The zero-order chi connectivity index (χ0) is 12.4. The fourth-order valence-electron chi connectivity index (χ4n) is 1.83. The zero-order valence-corrected chi connectivity index (χ0v) is 11.0. The highest BCUT2D eigenvalue weighted by Gasteiger charge is 2.31. The van der Waals surface area contributed by atoms with E-state index in [-0.39, 0.29) is 17.6 Å². The predicted molar refractivity (Wildman–Crippen MR) is 66.3 cm³/mol. The van der Waals surface area contributed by atoms with Gasteiger partial charge in [0.25, 0.3) is 5.91 Å². The lowest BCUT2D eigenvalue weighted by Crippen LogP contribution is -2.31. The number of nitrogens with one attached hydrogen (secondary N) is 1. The topological polar surface area (TPSA) is 38.3 Å². The predicted octanol–water partition coefficient (Wildman–Crippen LogP) is 2.95. The van der Waals surface area contributed by atoms with E-state index in [1.807, 2.05) is 6.92 Å². The number of benzene rings is 1.